The molecule has 0 unspecified atom stereocenters. The van der Waals surface area contributed by atoms with Gasteiger partial charge < -0.3 is 0 Å². The molecule has 1 aliphatic rings. The Morgan fingerprint density at radius 2 is 1.64 bits per heavy atom. The van der Waals surface area contributed by atoms with Crippen molar-refractivity contribution in [2.75, 3.05) is 5.75 Å². The summed E-state index contributed by atoms with van der Waals surface area (Å²) in [5.41, 5.74) is 0. The third-order valence-electron chi connectivity index (χ3n) is 2.08. The molecule has 1 fully saturated rings. The predicted octanol–water partition coefficient (Wildman–Crippen LogP) is 2.00. The van der Waals surface area contributed by atoms with Crippen LogP contribution in [0.1, 0.15) is 40.5 Å². The van der Waals surface area contributed by atoms with Crippen molar-refractivity contribution in [3.05, 3.63) is 0 Å². The van der Waals surface area contributed by atoms with E-state index in [1.165, 1.54) is 0 Å². The summed E-state index contributed by atoms with van der Waals surface area (Å²) in [5.74, 6) is 0.295. The molecule has 2 nitrogen and oxygen atoms in total. The van der Waals surface area contributed by atoms with E-state index in [9.17, 15) is 8.42 Å². The van der Waals surface area contributed by atoms with Gasteiger partial charge in [0, 0.05) is 5.75 Å². The van der Waals surface area contributed by atoms with Crippen molar-refractivity contribution in [3.8, 4) is 0 Å². The van der Waals surface area contributed by atoms with Gasteiger partial charge in [0.05, 0.1) is 4.75 Å². The van der Waals surface area contributed by atoms with Gasteiger partial charge in [-0.2, -0.15) is 0 Å². The van der Waals surface area contributed by atoms with Gasteiger partial charge in [0.25, 0.3) is 0 Å². The van der Waals surface area contributed by atoms with Crippen molar-refractivity contribution < 1.29 is 8.42 Å². The van der Waals surface area contributed by atoms with Crippen molar-refractivity contribution >= 4 is 9.84 Å². The molecular weight excluding hydrogens is 160 g/mol. The van der Waals surface area contributed by atoms with Crippen molar-refractivity contribution in [3.63, 3.8) is 0 Å². The monoisotopic (exact) mass is 178 g/mol. The van der Waals surface area contributed by atoms with Crippen LogP contribution in [-0.4, -0.2) is 18.9 Å². The smallest absolute Gasteiger partial charge is 0.155 e. The Balaban J connectivity index is 0.000000461. The van der Waals surface area contributed by atoms with Crippen molar-refractivity contribution in [1.29, 1.82) is 0 Å². The second-order valence-corrected chi connectivity index (χ2v) is 5.65. The molecule has 0 bridgehead atoms. The lowest BCUT2D eigenvalue weighted by Gasteiger charge is -2.05. The van der Waals surface area contributed by atoms with Gasteiger partial charge in [0.15, 0.2) is 9.84 Å². The summed E-state index contributed by atoms with van der Waals surface area (Å²) in [7, 11) is -2.72. The summed E-state index contributed by atoms with van der Waals surface area (Å²) in [6.45, 7) is 7.53. The molecule has 0 N–H and O–H groups in total. The number of hydrogen-bond donors (Lipinski definition) is 0. The zero-order valence-electron chi connectivity index (χ0n) is 7.85. The molecule has 0 spiro atoms. The lowest BCUT2D eigenvalue weighted by Crippen LogP contribution is -2.20. The molecule has 1 saturated carbocycles. The van der Waals surface area contributed by atoms with E-state index in [1.807, 2.05) is 20.8 Å². The standard InChI is InChI=1S/C6H12O2S.C2H6/c1-3-9(7,8)6(2)4-5-6;1-2/h3-5H2,1-2H3;1-2H3. The molecule has 11 heavy (non-hydrogen) atoms. The Bertz CT molecular complexity index is 200. The maximum atomic E-state index is 11.1. The Morgan fingerprint density at radius 3 is 1.73 bits per heavy atom. The van der Waals surface area contributed by atoms with Crippen molar-refractivity contribution in [2.24, 2.45) is 0 Å². The molecule has 0 atom stereocenters. The van der Waals surface area contributed by atoms with Gasteiger partial charge in [-0.1, -0.05) is 20.8 Å². The summed E-state index contributed by atoms with van der Waals surface area (Å²) in [6, 6.07) is 0. The fourth-order valence-corrected chi connectivity index (χ4v) is 2.26. The van der Waals surface area contributed by atoms with E-state index in [4.69, 9.17) is 0 Å². The number of hydrogen-bond acceptors (Lipinski definition) is 2. The third kappa shape index (κ3) is 2.19. The first-order valence-electron chi connectivity index (χ1n) is 4.24. The largest absolute Gasteiger partial charge is 0.228 e. The van der Waals surface area contributed by atoms with E-state index in [-0.39, 0.29) is 4.75 Å². The minimum atomic E-state index is -2.72. The molecule has 3 heteroatoms. The van der Waals surface area contributed by atoms with Gasteiger partial charge in [-0.25, -0.2) is 8.42 Å². The molecule has 0 aromatic heterocycles. The van der Waals surface area contributed by atoms with Crippen LogP contribution < -0.4 is 0 Å². The molecule has 0 aliphatic heterocycles. The van der Waals surface area contributed by atoms with Crippen LogP contribution in [0, 0.1) is 0 Å². The summed E-state index contributed by atoms with van der Waals surface area (Å²) < 4.78 is 21.8. The van der Waals surface area contributed by atoms with Gasteiger partial charge in [0.2, 0.25) is 0 Å². The van der Waals surface area contributed by atoms with Crippen LogP contribution in [0.25, 0.3) is 0 Å². The SMILES string of the molecule is CC.CCS(=O)(=O)C1(C)CC1. The maximum absolute atomic E-state index is 11.1. The highest BCUT2D eigenvalue weighted by molar-refractivity contribution is 7.93. The Labute approximate surface area is 69.9 Å². The van der Waals surface area contributed by atoms with E-state index in [0.29, 0.717) is 5.75 Å². The summed E-state index contributed by atoms with van der Waals surface area (Å²) in [4.78, 5) is 0. The van der Waals surface area contributed by atoms with E-state index in [2.05, 4.69) is 0 Å². The first kappa shape index (κ1) is 11.0. The first-order chi connectivity index (χ1) is 5.02. The Hall–Kier alpha value is -0.0500. The molecular formula is C8H18O2S. The topological polar surface area (TPSA) is 34.1 Å². The summed E-state index contributed by atoms with van der Waals surface area (Å²) >= 11 is 0. The molecule has 0 aromatic carbocycles. The first-order valence-corrected chi connectivity index (χ1v) is 5.89. The highest BCUT2D eigenvalue weighted by Crippen LogP contribution is 2.43. The van der Waals surface area contributed by atoms with Crippen molar-refractivity contribution in [1.82, 2.24) is 0 Å². The Morgan fingerprint density at radius 1 is 1.27 bits per heavy atom. The molecule has 68 valence electrons. The number of rotatable bonds is 2. The average Bonchev–Trinajstić information content (AvgIpc) is 2.74. The second kappa shape index (κ2) is 3.57. The van der Waals surface area contributed by atoms with E-state index in [1.54, 1.807) is 6.92 Å². The van der Waals surface area contributed by atoms with Crippen LogP contribution in [-0.2, 0) is 9.84 Å². The summed E-state index contributed by atoms with van der Waals surface area (Å²) in [6.07, 6.45) is 1.73. The lowest BCUT2D eigenvalue weighted by molar-refractivity contribution is 0.583. The molecule has 0 saturated heterocycles. The van der Waals surface area contributed by atoms with Gasteiger partial charge in [-0.15, -0.1) is 0 Å². The van der Waals surface area contributed by atoms with Gasteiger partial charge in [-0.3, -0.25) is 0 Å². The van der Waals surface area contributed by atoms with Crippen LogP contribution in [0.3, 0.4) is 0 Å². The molecule has 1 rings (SSSR count). The molecule has 0 heterocycles. The normalized spacial score (nSPS) is 20.0. The fraction of sp³-hybridized carbons (Fsp3) is 1.00. The zero-order chi connectivity index (χ0) is 9.12. The highest BCUT2D eigenvalue weighted by Gasteiger charge is 2.48. The predicted molar refractivity (Wildman–Crippen MR) is 48.4 cm³/mol. The second-order valence-electron chi connectivity index (χ2n) is 2.85. The van der Waals surface area contributed by atoms with Crippen molar-refractivity contribution in [2.45, 2.75) is 45.3 Å². The van der Waals surface area contributed by atoms with Gasteiger partial charge >= 0.3 is 0 Å². The Kier molecular flexibility index (Phi) is 3.55. The quantitative estimate of drug-likeness (QED) is 0.648. The summed E-state index contributed by atoms with van der Waals surface area (Å²) in [5, 5.41) is 0. The van der Waals surface area contributed by atoms with Crippen LogP contribution in [0.2, 0.25) is 0 Å². The van der Waals surface area contributed by atoms with Crippen LogP contribution >= 0.6 is 0 Å². The van der Waals surface area contributed by atoms with Crippen LogP contribution in [0.5, 0.6) is 0 Å². The molecule has 0 radical (unpaired) electrons. The van der Waals surface area contributed by atoms with E-state index < -0.39 is 9.84 Å². The minimum absolute atomic E-state index is 0.295. The fourth-order valence-electron chi connectivity index (χ4n) is 0.835. The van der Waals surface area contributed by atoms with Crippen LogP contribution in [0.4, 0.5) is 0 Å². The van der Waals surface area contributed by atoms with E-state index >= 15 is 0 Å². The average molecular weight is 178 g/mol. The zero-order valence-corrected chi connectivity index (χ0v) is 8.66. The minimum Gasteiger partial charge on any atom is -0.228 e. The molecule has 1 aliphatic carbocycles. The molecule has 0 aromatic rings. The molecule has 0 amide bonds. The van der Waals surface area contributed by atoms with E-state index in [0.717, 1.165) is 12.8 Å². The highest BCUT2D eigenvalue weighted by atomic mass is 32.2. The van der Waals surface area contributed by atoms with Gasteiger partial charge in [-0.05, 0) is 19.8 Å². The number of sulfone groups is 1. The van der Waals surface area contributed by atoms with Gasteiger partial charge in [0.1, 0.15) is 0 Å². The van der Waals surface area contributed by atoms with Crippen LogP contribution in [0.15, 0.2) is 0 Å². The lowest BCUT2D eigenvalue weighted by atomic mass is 10.5. The maximum Gasteiger partial charge on any atom is 0.155 e. The third-order valence-corrected chi connectivity index (χ3v) is 4.75.